The molecule has 6 heteroatoms. The van der Waals surface area contributed by atoms with E-state index in [4.69, 9.17) is 0 Å². The van der Waals surface area contributed by atoms with E-state index in [1.165, 1.54) is 12.1 Å². The van der Waals surface area contributed by atoms with Crippen LogP contribution in [0.1, 0.15) is 31.7 Å². The molecule has 1 aromatic rings. The molecule has 2 rings (SSSR count). The van der Waals surface area contributed by atoms with E-state index in [0.29, 0.717) is 0 Å². The van der Waals surface area contributed by atoms with Crippen LogP contribution in [0.3, 0.4) is 0 Å². The molecule has 3 atom stereocenters. The van der Waals surface area contributed by atoms with E-state index < -0.39 is 6.04 Å². The van der Waals surface area contributed by atoms with Crippen LogP contribution in [0.5, 0.6) is 0 Å². The van der Waals surface area contributed by atoms with E-state index in [0.717, 1.165) is 12.0 Å². The molecule has 120 valence electrons. The third kappa shape index (κ3) is 3.96. The number of nitrogens with one attached hydrogen (secondary N) is 3. The van der Waals surface area contributed by atoms with Crippen LogP contribution in [0, 0.1) is 11.7 Å². The van der Waals surface area contributed by atoms with Gasteiger partial charge < -0.3 is 16.0 Å². The van der Waals surface area contributed by atoms with Crippen molar-refractivity contribution in [3.8, 4) is 0 Å². The van der Waals surface area contributed by atoms with E-state index in [1.807, 2.05) is 13.8 Å². The Kier molecular flexibility index (Phi) is 5.00. The largest absolute Gasteiger partial charge is 0.357 e. The normalized spacial score (nSPS) is 21.1. The lowest BCUT2D eigenvalue weighted by atomic mass is 10.0. The Bertz CT molecular complexity index is 545. The lowest BCUT2D eigenvalue weighted by Gasteiger charge is -2.21. The molecule has 1 aromatic carbocycles. The predicted molar refractivity (Wildman–Crippen MR) is 81.9 cm³/mol. The maximum absolute atomic E-state index is 12.9. The summed E-state index contributed by atoms with van der Waals surface area (Å²) in [6.07, 6.45) is 0.825. The van der Waals surface area contributed by atoms with Gasteiger partial charge in [-0.15, -0.1) is 0 Å². The summed E-state index contributed by atoms with van der Waals surface area (Å²) in [4.78, 5) is 23.7. The van der Waals surface area contributed by atoms with E-state index >= 15 is 0 Å². The van der Waals surface area contributed by atoms with Crippen LogP contribution in [0.4, 0.5) is 9.18 Å². The molecule has 1 fully saturated rings. The van der Waals surface area contributed by atoms with Crippen LogP contribution in [0.2, 0.25) is 0 Å². The fourth-order valence-electron chi connectivity index (χ4n) is 2.47. The molecule has 1 aliphatic carbocycles. The van der Waals surface area contributed by atoms with Gasteiger partial charge in [-0.3, -0.25) is 4.79 Å². The van der Waals surface area contributed by atoms with Gasteiger partial charge in [0.15, 0.2) is 0 Å². The minimum atomic E-state index is -0.562. The highest BCUT2D eigenvalue weighted by atomic mass is 19.1. The first-order valence-electron chi connectivity index (χ1n) is 7.46. The standard InChI is InChI=1S/C16H22FN3O2/c1-9(2)14(15(21)18-3)20-16(22)19-13-8-12(13)10-4-6-11(17)7-5-10/h4-7,9,12-14H,8H2,1-3H3,(H,18,21)(H2,19,20,22)/t12-,13+,14+/m0/s1. The number of carbonyl (C=O) groups excluding carboxylic acids is 2. The van der Waals surface area contributed by atoms with Crippen molar-refractivity contribution in [3.05, 3.63) is 35.6 Å². The molecule has 3 N–H and O–H groups in total. The number of benzene rings is 1. The van der Waals surface area contributed by atoms with Crippen molar-refractivity contribution in [2.45, 2.75) is 38.3 Å². The Morgan fingerprint density at radius 1 is 1.23 bits per heavy atom. The van der Waals surface area contributed by atoms with Gasteiger partial charge in [0.05, 0.1) is 0 Å². The molecular weight excluding hydrogens is 285 g/mol. The number of carbonyl (C=O) groups is 2. The quantitative estimate of drug-likeness (QED) is 0.775. The molecule has 0 bridgehead atoms. The zero-order valence-electron chi connectivity index (χ0n) is 13.0. The average Bonchev–Trinajstić information content (AvgIpc) is 3.23. The number of amides is 3. The van der Waals surface area contributed by atoms with Crippen molar-refractivity contribution >= 4 is 11.9 Å². The summed E-state index contributed by atoms with van der Waals surface area (Å²) in [7, 11) is 1.54. The highest BCUT2D eigenvalue weighted by Gasteiger charge is 2.40. The number of rotatable bonds is 5. The summed E-state index contributed by atoms with van der Waals surface area (Å²) in [6, 6.07) is 5.44. The van der Waals surface area contributed by atoms with Crippen LogP contribution in [-0.4, -0.2) is 31.1 Å². The van der Waals surface area contributed by atoms with Crippen LogP contribution in [0.25, 0.3) is 0 Å². The summed E-state index contributed by atoms with van der Waals surface area (Å²) >= 11 is 0. The molecular formula is C16H22FN3O2. The summed E-state index contributed by atoms with van der Waals surface area (Å²) in [6.45, 7) is 3.75. The van der Waals surface area contributed by atoms with Gasteiger partial charge in [-0.1, -0.05) is 26.0 Å². The lowest BCUT2D eigenvalue weighted by Crippen LogP contribution is -2.52. The summed E-state index contributed by atoms with van der Waals surface area (Å²) in [5.74, 6) is -0.269. The van der Waals surface area contributed by atoms with Crippen LogP contribution < -0.4 is 16.0 Å². The first-order chi connectivity index (χ1) is 10.4. The SMILES string of the molecule is CNC(=O)[C@H](NC(=O)N[C@@H]1C[C@H]1c1ccc(F)cc1)C(C)C. The zero-order chi connectivity index (χ0) is 16.3. The Morgan fingerprint density at radius 3 is 2.41 bits per heavy atom. The van der Waals surface area contributed by atoms with Gasteiger partial charge in [-0.2, -0.15) is 0 Å². The molecule has 0 heterocycles. The summed E-state index contributed by atoms with van der Waals surface area (Å²) < 4.78 is 12.9. The Labute approximate surface area is 129 Å². The first-order valence-corrected chi connectivity index (χ1v) is 7.46. The Balaban J connectivity index is 1.86. The fraction of sp³-hybridized carbons (Fsp3) is 0.500. The maximum atomic E-state index is 12.9. The number of urea groups is 1. The molecule has 5 nitrogen and oxygen atoms in total. The fourth-order valence-corrected chi connectivity index (χ4v) is 2.47. The van der Waals surface area contributed by atoms with Crippen molar-refractivity contribution in [2.75, 3.05) is 7.05 Å². The second kappa shape index (κ2) is 6.77. The highest BCUT2D eigenvalue weighted by Crippen LogP contribution is 2.40. The summed E-state index contributed by atoms with van der Waals surface area (Å²) in [5.41, 5.74) is 1.01. The van der Waals surface area contributed by atoms with Crippen LogP contribution >= 0.6 is 0 Å². The topological polar surface area (TPSA) is 70.2 Å². The molecule has 0 saturated heterocycles. The van der Waals surface area contributed by atoms with Crippen molar-refractivity contribution in [3.63, 3.8) is 0 Å². The number of likely N-dealkylation sites (N-methyl/N-ethyl adjacent to an activating group) is 1. The third-order valence-electron chi connectivity index (χ3n) is 3.89. The number of hydrogen-bond donors (Lipinski definition) is 3. The van der Waals surface area contributed by atoms with Gasteiger partial charge in [-0.05, 0) is 30.0 Å². The molecule has 3 amide bonds. The predicted octanol–water partition coefficient (Wildman–Crippen LogP) is 1.75. The molecule has 0 radical (unpaired) electrons. The molecule has 0 unspecified atom stereocenters. The lowest BCUT2D eigenvalue weighted by molar-refractivity contribution is -0.123. The molecule has 1 aliphatic rings. The number of hydrogen-bond acceptors (Lipinski definition) is 2. The molecule has 0 spiro atoms. The molecule has 1 saturated carbocycles. The Morgan fingerprint density at radius 2 is 1.86 bits per heavy atom. The van der Waals surface area contributed by atoms with E-state index in [1.54, 1.807) is 19.2 Å². The van der Waals surface area contributed by atoms with Crippen LogP contribution in [-0.2, 0) is 4.79 Å². The van der Waals surface area contributed by atoms with Gasteiger partial charge in [0, 0.05) is 19.0 Å². The van der Waals surface area contributed by atoms with E-state index in [2.05, 4.69) is 16.0 Å². The van der Waals surface area contributed by atoms with Gasteiger partial charge in [0.1, 0.15) is 11.9 Å². The first kappa shape index (κ1) is 16.3. The van der Waals surface area contributed by atoms with Gasteiger partial charge in [-0.25, -0.2) is 9.18 Å². The van der Waals surface area contributed by atoms with Crippen LogP contribution in [0.15, 0.2) is 24.3 Å². The monoisotopic (exact) mass is 307 g/mol. The second-order valence-corrected chi connectivity index (χ2v) is 5.95. The molecule has 0 aromatic heterocycles. The van der Waals surface area contributed by atoms with Crippen molar-refractivity contribution in [2.24, 2.45) is 5.92 Å². The average molecular weight is 307 g/mol. The zero-order valence-corrected chi connectivity index (χ0v) is 13.0. The summed E-state index contributed by atoms with van der Waals surface area (Å²) in [5, 5.41) is 8.10. The minimum absolute atomic E-state index is 0.00204. The third-order valence-corrected chi connectivity index (χ3v) is 3.89. The Hall–Kier alpha value is -2.11. The van der Waals surface area contributed by atoms with Crippen molar-refractivity contribution in [1.82, 2.24) is 16.0 Å². The van der Waals surface area contributed by atoms with Crippen molar-refractivity contribution < 1.29 is 14.0 Å². The minimum Gasteiger partial charge on any atom is -0.357 e. The molecule has 0 aliphatic heterocycles. The van der Waals surface area contributed by atoms with E-state index in [9.17, 15) is 14.0 Å². The highest BCUT2D eigenvalue weighted by molar-refractivity contribution is 5.87. The van der Waals surface area contributed by atoms with E-state index in [-0.39, 0.29) is 35.6 Å². The van der Waals surface area contributed by atoms with Gasteiger partial charge >= 0.3 is 6.03 Å². The maximum Gasteiger partial charge on any atom is 0.315 e. The van der Waals surface area contributed by atoms with Gasteiger partial charge in [0.2, 0.25) is 5.91 Å². The van der Waals surface area contributed by atoms with Gasteiger partial charge in [0.25, 0.3) is 0 Å². The molecule has 22 heavy (non-hydrogen) atoms. The van der Waals surface area contributed by atoms with Crippen molar-refractivity contribution in [1.29, 1.82) is 0 Å². The smallest absolute Gasteiger partial charge is 0.315 e. The number of halogens is 1. The second-order valence-electron chi connectivity index (χ2n) is 5.95.